The first-order valence-electron chi connectivity index (χ1n) is 6.12. The monoisotopic (exact) mass is 292 g/mol. The highest BCUT2D eigenvalue weighted by atomic mass is 19.4. The molecule has 0 radical (unpaired) electrons. The molecule has 2 aromatic heterocycles. The summed E-state index contributed by atoms with van der Waals surface area (Å²) in [5.74, 6) is 0.354. The Balaban J connectivity index is 2.25. The molecule has 2 heterocycles. The van der Waals surface area contributed by atoms with E-state index in [1.165, 1.54) is 6.07 Å². The van der Waals surface area contributed by atoms with Gasteiger partial charge >= 0.3 is 6.18 Å². The van der Waals surface area contributed by atoms with Gasteiger partial charge < -0.3 is 10.3 Å². The molecular weight excluding hydrogens is 281 g/mol. The molecule has 4 nitrogen and oxygen atoms in total. The minimum atomic E-state index is -4.43. The van der Waals surface area contributed by atoms with Crippen molar-refractivity contribution >= 4 is 16.9 Å². The van der Waals surface area contributed by atoms with Crippen molar-refractivity contribution in [2.24, 2.45) is 7.05 Å². The highest BCUT2D eigenvalue weighted by Crippen LogP contribution is 2.35. The SMILES string of the molecule is Cn1c(-c2cc(C(F)(F)F)ccc2N)nc2ncccc21. The standard InChI is InChI=1S/C14H11F3N4/c1-21-11-3-2-6-19-12(11)20-13(21)9-7-8(14(15,16)17)4-5-10(9)18/h2-7H,18H2,1H3. The number of benzene rings is 1. The van der Waals surface area contributed by atoms with Crippen molar-refractivity contribution in [3.05, 3.63) is 42.1 Å². The lowest BCUT2D eigenvalue weighted by Gasteiger charge is -2.11. The smallest absolute Gasteiger partial charge is 0.398 e. The van der Waals surface area contributed by atoms with Crippen LogP contribution in [-0.2, 0) is 13.2 Å². The van der Waals surface area contributed by atoms with Crippen LogP contribution < -0.4 is 5.73 Å². The number of nitrogen functional groups attached to an aromatic ring is 1. The lowest BCUT2D eigenvalue weighted by molar-refractivity contribution is -0.137. The van der Waals surface area contributed by atoms with Gasteiger partial charge in [-0.25, -0.2) is 9.97 Å². The number of imidazole rings is 1. The maximum absolute atomic E-state index is 12.8. The Morgan fingerprint density at radius 3 is 2.62 bits per heavy atom. The molecule has 0 saturated heterocycles. The second kappa shape index (κ2) is 4.47. The predicted octanol–water partition coefficient (Wildman–Crippen LogP) is 3.24. The third-order valence-corrected chi connectivity index (χ3v) is 3.28. The fraction of sp³-hybridized carbons (Fsp3) is 0.143. The first-order chi connectivity index (χ1) is 9.88. The summed E-state index contributed by atoms with van der Waals surface area (Å²) < 4.78 is 40.2. The summed E-state index contributed by atoms with van der Waals surface area (Å²) in [4.78, 5) is 8.37. The third kappa shape index (κ3) is 2.20. The molecule has 0 spiro atoms. The molecule has 3 rings (SSSR count). The quantitative estimate of drug-likeness (QED) is 0.700. The van der Waals surface area contributed by atoms with Crippen LogP contribution in [0.4, 0.5) is 18.9 Å². The molecule has 0 saturated carbocycles. The largest absolute Gasteiger partial charge is 0.416 e. The number of hydrogen-bond donors (Lipinski definition) is 1. The average molecular weight is 292 g/mol. The Morgan fingerprint density at radius 1 is 1.19 bits per heavy atom. The number of nitrogens with two attached hydrogens (primary N) is 1. The zero-order chi connectivity index (χ0) is 15.2. The van der Waals surface area contributed by atoms with Crippen LogP contribution in [0.15, 0.2) is 36.5 Å². The van der Waals surface area contributed by atoms with Crippen LogP contribution in [0.25, 0.3) is 22.6 Å². The van der Waals surface area contributed by atoms with Crippen molar-refractivity contribution < 1.29 is 13.2 Å². The molecule has 0 bridgehead atoms. The summed E-state index contributed by atoms with van der Waals surface area (Å²) in [7, 11) is 1.71. The van der Waals surface area contributed by atoms with Gasteiger partial charge in [-0.1, -0.05) is 0 Å². The van der Waals surface area contributed by atoms with E-state index in [4.69, 9.17) is 5.73 Å². The van der Waals surface area contributed by atoms with E-state index in [-0.39, 0.29) is 11.3 Å². The number of aryl methyl sites for hydroxylation is 1. The van der Waals surface area contributed by atoms with Crippen LogP contribution in [0.5, 0.6) is 0 Å². The molecule has 7 heteroatoms. The zero-order valence-corrected chi connectivity index (χ0v) is 11.0. The Hall–Kier alpha value is -2.57. The molecular formula is C14H11F3N4. The number of rotatable bonds is 1. The average Bonchev–Trinajstić information content (AvgIpc) is 2.76. The van der Waals surface area contributed by atoms with Crippen LogP contribution in [0.3, 0.4) is 0 Å². The normalized spacial score (nSPS) is 12.0. The number of alkyl halides is 3. The molecule has 0 amide bonds. The second-order valence-electron chi connectivity index (χ2n) is 4.64. The highest BCUT2D eigenvalue weighted by Gasteiger charge is 2.31. The number of pyridine rings is 1. The van der Waals surface area contributed by atoms with Crippen molar-refractivity contribution in [1.82, 2.24) is 14.5 Å². The molecule has 0 aliphatic carbocycles. The molecule has 0 aliphatic rings. The van der Waals surface area contributed by atoms with Crippen molar-refractivity contribution in [2.75, 3.05) is 5.73 Å². The summed E-state index contributed by atoms with van der Waals surface area (Å²) in [6.45, 7) is 0. The Bertz CT molecular complexity index is 821. The number of nitrogens with zero attached hydrogens (tertiary/aromatic N) is 3. The molecule has 0 atom stereocenters. The van der Waals surface area contributed by atoms with Gasteiger partial charge in [-0.05, 0) is 30.3 Å². The van der Waals surface area contributed by atoms with Gasteiger partial charge in [0.15, 0.2) is 5.65 Å². The lowest BCUT2D eigenvalue weighted by atomic mass is 10.1. The van der Waals surface area contributed by atoms with E-state index < -0.39 is 11.7 Å². The molecule has 0 aliphatic heterocycles. The number of aromatic nitrogens is 3. The lowest BCUT2D eigenvalue weighted by Crippen LogP contribution is -2.06. The molecule has 0 unspecified atom stereocenters. The second-order valence-corrected chi connectivity index (χ2v) is 4.64. The van der Waals surface area contributed by atoms with Gasteiger partial charge in [-0.15, -0.1) is 0 Å². The zero-order valence-electron chi connectivity index (χ0n) is 11.0. The highest BCUT2D eigenvalue weighted by molar-refractivity contribution is 5.81. The Morgan fingerprint density at radius 2 is 1.95 bits per heavy atom. The van der Waals surface area contributed by atoms with Crippen molar-refractivity contribution in [3.8, 4) is 11.4 Å². The number of anilines is 1. The van der Waals surface area contributed by atoms with Crippen molar-refractivity contribution in [3.63, 3.8) is 0 Å². The van der Waals surface area contributed by atoms with Crippen LogP contribution in [0, 0.1) is 0 Å². The first kappa shape index (κ1) is 13.4. The molecule has 108 valence electrons. The maximum Gasteiger partial charge on any atom is 0.416 e. The van der Waals surface area contributed by atoms with E-state index in [1.54, 1.807) is 29.9 Å². The first-order valence-corrected chi connectivity index (χ1v) is 6.12. The van der Waals surface area contributed by atoms with Crippen LogP contribution in [0.2, 0.25) is 0 Å². The van der Waals surface area contributed by atoms with Gasteiger partial charge in [0.2, 0.25) is 0 Å². The topological polar surface area (TPSA) is 56.7 Å². The van der Waals surface area contributed by atoms with Crippen LogP contribution in [0.1, 0.15) is 5.56 Å². The van der Waals surface area contributed by atoms with Gasteiger partial charge in [0.1, 0.15) is 5.82 Å². The van der Waals surface area contributed by atoms with Crippen molar-refractivity contribution in [1.29, 1.82) is 0 Å². The molecule has 2 N–H and O–H groups in total. The molecule has 1 aromatic carbocycles. The summed E-state index contributed by atoms with van der Waals surface area (Å²) in [5, 5.41) is 0. The fourth-order valence-corrected chi connectivity index (χ4v) is 2.19. The Kier molecular flexibility index (Phi) is 2.86. The van der Waals surface area contributed by atoms with E-state index in [1.807, 2.05) is 0 Å². The summed E-state index contributed by atoms with van der Waals surface area (Å²) in [6.07, 6.45) is -2.85. The van der Waals surface area contributed by atoms with Gasteiger partial charge in [0.25, 0.3) is 0 Å². The van der Waals surface area contributed by atoms with Gasteiger partial charge in [-0.2, -0.15) is 13.2 Å². The number of fused-ring (bicyclic) bond motifs is 1. The minimum absolute atomic E-state index is 0.237. The molecule has 3 aromatic rings. The van der Waals surface area contributed by atoms with E-state index in [0.29, 0.717) is 11.5 Å². The van der Waals surface area contributed by atoms with E-state index in [2.05, 4.69) is 9.97 Å². The number of hydrogen-bond acceptors (Lipinski definition) is 3. The van der Waals surface area contributed by atoms with E-state index in [0.717, 1.165) is 17.6 Å². The predicted molar refractivity (Wildman–Crippen MR) is 73.4 cm³/mol. The van der Waals surface area contributed by atoms with E-state index in [9.17, 15) is 13.2 Å². The minimum Gasteiger partial charge on any atom is -0.398 e. The summed E-state index contributed by atoms with van der Waals surface area (Å²) >= 11 is 0. The summed E-state index contributed by atoms with van der Waals surface area (Å²) in [5.41, 5.74) is 6.73. The number of halogens is 3. The van der Waals surface area contributed by atoms with Crippen LogP contribution in [-0.4, -0.2) is 14.5 Å². The summed E-state index contributed by atoms with van der Waals surface area (Å²) in [6, 6.07) is 6.74. The fourth-order valence-electron chi connectivity index (χ4n) is 2.19. The van der Waals surface area contributed by atoms with Gasteiger partial charge in [0, 0.05) is 24.5 Å². The molecule has 21 heavy (non-hydrogen) atoms. The van der Waals surface area contributed by atoms with Crippen LogP contribution >= 0.6 is 0 Å². The van der Waals surface area contributed by atoms with E-state index >= 15 is 0 Å². The van der Waals surface area contributed by atoms with Crippen molar-refractivity contribution in [2.45, 2.75) is 6.18 Å². The van der Waals surface area contributed by atoms with Gasteiger partial charge in [0.05, 0.1) is 11.1 Å². The maximum atomic E-state index is 12.8. The Labute approximate surface area is 118 Å². The molecule has 0 fully saturated rings. The van der Waals surface area contributed by atoms with Gasteiger partial charge in [-0.3, -0.25) is 0 Å². The third-order valence-electron chi connectivity index (χ3n) is 3.28.